The number of likely N-dealkylation sites (tertiary alicyclic amines) is 1. The third kappa shape index (κ3) is 4.73. The van der Waals surface area contributed by atoms with E-state index in [1.165, 1.54) is 0 Å². The Kier molecular flexibility index (Phi) is 6.25. The fourth-order valence-electron chi connectivity index (χ4n) is 2.71. The molecule has 1 aromatic carbocycles. The second-order valence-electron chi connectivity index (χ2n) is 5.80. The molecule has 4 nitrogen and oxygen atoms in total. The van der Waals surface area contributed by atoms with Crippen molar-refractivity contribution < 1.29 is 9.59 Å². The van der Waals surface area contributed by atoms with Gasteiger partial charge in [0.1, 0.15) is 0 Å². The highest BCUT2D eigenvalue weighted by Gasteiger charge is 2.24. The summed E-state index contributed by atoms with van der Waals surface area (Å²) in [5.41, 5.74) is 1.83. The third-order valence-electron chi connectivity index (χ3n) is 3.95. The normalized spacial score (nSPS) is 15.6. The lowest BCUT2D eigenvalue weighted by molar-refractivity contribution is -0.122. The number of carbonyl (C=O) groups excluding carboxylic acids is 2. The quantitative estimate of drug-likeness (QED) is 0.847. The Balaban J connectivity index is 1.82. The summed E-state index contributed by atoms with van der Waals surface area (Å²) < 4.78 is 0. The van der Waals surface area contributed by atoms with E-state index in [1.807, 2.05) is 36.1 Å². The predicted octanol–water partition coefficient (Wildman–Crippen LogP) is 2.73. The molecule has 22 heavy (non-hydrogen) atoms. The molecule has 0 bridgehead atoms. The summed E-state index contributed by atoms with van der Waals surface area (Å²) in [4.78, 5) is 26.0. The van der Waals surface area contributed by atoms with Crippen molar-refractivity contribution in [1.29, 1.82) is 0 Å². The van der Waals surface area contributed by atoms with Gasteiger partial charge in [0.2, 0.25) is 5.91 Å². The molecular weight excluding hydrogens is 300 g/mol. The van der Waals surface area contributed by atoms with Gasteiger partial charge in [-0.15, -0.1) is 11.6 Å². The molecule has 120 valence electrons. The minimum absolute atomic E-state index is 0.0594. The van der Waals surface area contributed by atoms with Crippen LogP contribution in [0.2, 0.25) is 0 Å². The fourth-order valence-corrected chi connectivity index (χ4v) is 2.85. The molecule has 1 saturated heterocycles. The SMILES string of the molecule is Cc1cccc(C(=O)N2CCC(NC(=O)CCCCl)CC2)c1. The maximum atomic E-state index is 12.4. The van der Waals surface area contributed by atoms with Crippen LogP contribution >= 0.6 is 11.6 Å². The molecule has 1 aromatic rings. The number of hydrogen-bond acceptors (Lipinski definition) is 2. The maximum absolute atomic E-state index is 12.4. The van der Waals surface area contributed by atoms with Crippen molar-refractivity contribution in [3.63, 3.8) is 0 Å². The number of rotatable bonds is 5. The van der Waals surface area contributed by atoms with Crippen LogP contribution in [-0.2, 0) is 4.79 Å². The van der Waals surface area contributed by atoms with Crippen molar-refractivity contribution in [2.75, 3.05) is 19.0 Å². The van der Waals surface area contributed by atoms with Gasteiger partial charge in [-0.3, -0.25) is 9.59 Å². The van der Waals surface area contributed by atoms with Gasteiger partial charge in [-0.1, -0.05) is 17.7 Å². The Hall–Kier alpha value is -1.55. The molecule has 0 spiro atoms. The zero-order chi connectivity index (χ0) is 15.9. The highest BCUT2D eigenvalue weighted by atomic mass is 35.5. The lowest BCUT2D eigenvalue weighted by Crippen LogP contribution is -2.46. The first-order valence-electron chi connectivity index (χ1n) is 7.81. The number of nitrogens with one attached hydrogen (secondary N) is 1. The number of halogens is 1. The van der Waals surface area contributed by atoms with Gasteiger partial charge in [-0.25, -0.2) is 0 Å². The number of amides is 2. The monoisotopic (exact) mass is 322 g/mol. The summed E-state index contributed by atoms with van der Waals surface area (Å²) in [5, 5.41) is 3.03. The van der Waals surface area contributed by atoms with Gasteiger partial charge in [-0.05, 0) is 38.3 Å². The Morgan fingerprint density at radius 2 is 2.05 bits per heavy atom. The van der Waals surface area contributed by atoms with Crippen molar-refractivity contribution >= 4 is 23.4 Å². The van der Waals surface area contributed by atoms with Gasteiger partial charge in [0.15, 0.2) is 0 Å². The Bertz CT molecular complexity index is 525. The predicted molar refractivity (Wildman–Crippen MR) is 88.2 cm³/mol. The fraction of sp³-hybridized carbons (Fsp3) is 0.529. The number of benzene rings is 1. The summed E-state index contributed by atoms with van der Waals surface area (Å²) in [7, 11) is 0. The van der Waals surface area contributed by atoms with E-state index in [0.717, 1.165) is 24.0 Å². The largest absolute Gasteiger partial charge is 0.353 e. The van der Waals surface area contributed by atoms with Gasteiger partial charge >= 0.3 is 0 Å². The Morgan fingerprint density at radius 3 is 2.68 bits per heavy atom. The Morgan fingerprint density at radius 1 is 1.32 bits per heavy atom. The maximum Gasteiger partial charge on any atom is 0.253 e. The second kappa shape index (κ2) is 8.18. The first-order valence-corrected chi connectivity index (χ1v) is 8.35. The average Bonchev–Trinajstić information content (AvgIpc) is 2.53. The summed E-state index contributed by atoms with van der Waals surface area (Å²) in [5.74, 6) is 0.649. The van der Waals surface area contributed by atoms with Crippen LogP contribution in [0.4, 0.5) is 0 Å². The Labute approximate surface area is 136 Å². The minimum Gasteiger partial charge on any atom is -0.353 e. The number of aryl methyl sites for hydroxylation is 1. The van der Waals surface area contributed by atoms with Crippen LogP contribution in [-0.4, -0.2) is 41.7 Å². The van der Waals surface area contributed by atoms with Crippen molar-refractivity contribution in [2.24, 2.45) is 0 Å². The number of alkyl halides is 1. The minimum atomic E-state index is 0.0594. The van der Waals surface area contributed by atoms with E-state index in [-0.39, 0.29) is 17.9 Å². The summed E-state index contributed by atoms with van der Waals surface area (Å²) >= 11 is 5.59. The molecule has 0 aromatic heterocycles. The molecule has 0 unspecified atom stereocenters. The van der Waals surface area contributed by atoms with Crippen LogP contribution in [0.1, 0.15) is 41.6 Å². The van der Waals surface area contributed by atoms with Gasteiger partial charge in [0.05, 0.1) is 0 Å². The molecule has 0 aliphatic carbocycles. The lowest BCUT2D eigenvalue weighted by atomic mass is 10.0. The van der Waals surface area contributed by atoms with Crippen LogP contribution in [0.3, 0.4) is 0 Å². The van der Waals surface area contributed by atoms with Crippen molar-refractivity contribution in [1.82, 2.24) is 10.2 Å². The molecule has 0 saturated carbocycles. The van der Waals surface area contributed by atoms with Gasteiger partial charge in [0, 0.05) is 37.0 Å². The number of hydrogen-bond donors (Lipinski definition) is 1. The molecule has 1 aliphatic rings. The molecule has 0 radical (unpaired) electrons. The number of nitrogens with zero attached hydrogens (tertiary/aromatic N) is 1. The van der Waals surface area contributed by atoms with E-state index in [2.05, 4.69) is 5.32 Å². The summed E-state index contributed by atoms with van der Waals surface area (Å²) in [6.45, 7) is 3.36. The second-order valence-corrected chi connectivity index (χ2v) is 6.17. The van der Waals surface area contributed by atoms with E-state index < -0.39 is 0 Å². The van der Waals surface area contributed by atoms with Crippen molar-refractivity contribution in [3.05, 3.63) is 35.4 Å². The van der Waals surface area contributed by atoms with E-state index in [0.29, 0.717) is 31.8 Å². The van der Waals surface area contributed by atoms with E-state index in [9.17, 15) is 9.59 Å². The number of piperidine rings is 1. The van der Waals surface area contributed by atoms with Crippen LogP contribution < -0.4 is 5.32 Å². The average molecular weight is 323 g/mol. The molecule has 0 atom stereocenters. The highest BCUT2D eigenvalue weighted by Crippen LogP contribution is 2.15. The zero-order valence-corrected chi connectivity index (χ0v) is 13.7. The molecular formula is C17H23ClN2O2. The number of carbonyl (C=O) groups is 2. The van der Waals surface area contributed by atoms with Crippen LogP contribution in [0.5, 0.6) is 0 Å². The summed E-state index contributed by atoms with van der Waals surface area (Å²) in [6.07, 6.45) is 2.80. The topological polar surface area (TPSA) is 49.4 Å². The van der Waals surface area contributed by atoms with Crippen LogP contribution in [0, 0.1) is 6.92 Å². The van der Waals surface area contributed by atoms with E-state index >= 15 is 0 Å². The molecule has 1 aliphatic heterocycles. The van der Waals surface area contributed by atoms with E-state index in [1.54, 1.807) is 0 Å². The van der Waals surface area contributed by atoms with Gasteiger partial charge in [-0.2, -0.15) is 0 Å². The summed E-state index contributed by atoms with van der Waals surface area (Å²) in [6, 6.07) is 7.84. The standard InChI is InChI=1S/C17H23ClN2O2/c1-13-4-2-5-14(12-13)17(22)20-10-7-15(8-11-20)19-16(21)6-3-9-18/h2,4-5,12,15H,3,6-11H2,1H3,(H,19,21). The molecule has 5 heteroatoms. The molecule has 1 fully saturated rings. The molecule has 2 amide bonds. The zero-order valence-electron chi connectivity index (χ0n) is 13.0. The smallest absolute Gasteiger partial charge is 0.253 e. The third-order valence-corrected chi connectivity index (χ3v) is 4.22. The molecule has 1 N–H and O–H groups in total. The van der Waals surface area contributed by atoms with Crippen LogP contribution in [0.15, 0.2) is 24.3 Å². The van der Waals surface area contributed by atoms with Crippen molar-refractivity contribution in [3.8, 4) is 0 Å². The first kappa shape index (κ1) is 16.8. The van der Waals surface area contributed by atoms with E-state index in [4.69, 9.17) is 11.6 Å². The van der Waals surface area contributed by atoms with Crippen molar-refractivity contribution in [2.45, 2.75) is 38.6 Å². The van der Waals surface area contributed by atoms with Gasteiger partial charge in [0.25, 0.3) is 5.91 Å². The molecule has 1 heterocycles. The highest BCUT2D eigenvalue weighted by molar-refractivity contribution is 6.17. The lowest BCUT2D eigenvalue weighted by Gasteiger charge is -2.32. The van der Waals surface area contributed by atoms with Crippen LogP contribution in [0.25, 0.3) is 0 Å². The molecule has 2 rings (SSSR count). The van der Waals surface area contributed by atoms with Gasteiger partial charge < -0.3 is 10.2 Å². The first-order chi connectivity index (χ1) is 10.6.